The summed E-state index contributed by atoms with van der Waals surface area (Å²) in [7, 11) is 0. The average molecular weight is 238 g/mol. The van der Waals surface area contributed by atoms with Gasteiger partial charge in [-0.15, -0.1) is 11.3 Å². The number of rotatable bonds is 4. The molecule has 1 aromatic heterocycles. The molecule has 1 aliphatic rings. The van der Waals surface area contributed by atoms with Crippen LogP contribution in [0.1, 0.15) is 23.3 Å². The van der Waals surface area contributed by atoms with E-state index in [1.54, 1.807) is 11.3 Å². The van der Waals surface area contributed by atoms with Gasteiger partial charge >= 0.3 is 0 Å². The van der Waals surface area contributed by atoms with Crippen molar-refractivity contribution in [2.24, 2.45) is 0 Å². The van der Waals surface area contributed by atoms with Crippen LogP contribution in [0, 0.1) is 6.92 Å². The minimum atomic E-state index is 0.0458. The van der Waals surface area contributed by atoms with E-state index in [0.717, 1.165) is 32.4 Å². The summed E-state index contributed by atoms with van der Waals surface area (Å²) in [5.41, 5.74) is 1.33. The van der Waals surface area contributed by atoms with Gasteiger partial charge in [-0.2, -0.15) is 0 Å². The monoisotopic (exact) mass is 238 g/mol. The number of thiophene rings is 1. The molecule has 1 atom stereocenters. The molecular weight excluding hydrogens is 220 g/mol. The third kappa shape index (κ3) is 2.83. The van der Waals surface area contributed by atoms with Crippen molar-refractivity contribution >= 4 is 17.2 Å². The van der Waals surface area contributed by atoms with Crippen LogP contribution in [0.3, 0.4) is 0 Å². The molecule has 1 saturated heterocycles. The maximum atomic E-state index is 11.7. The van der Waals surface area contributed by atoms with Crippen LogP contribution in [0.2, 0.25) is 0 Å². The van der Waals surface area contributed by atoms with Crippen molar-refractivity contribution < 1.29 is 4.79 Å². The Morgan fingerprint density at radius 2 is 2.56 bits per heavy atom. The minimum absolute atomic E-state index is 0.0458. The zero-order chi connectivity index (χ0) is 11.4. The molecule has 1 aliphatic heterocycles. The van der Waals surface area contributed by atoms with Crippen LogP contribution < -0.4 is 10.6 Å². The van der Waals surface area contributed by atoms with Crippen LogP contribution in [0.5, 0.6) is 0 Å². The number of hydrogen-bond donors (Lipinski definition) is 2. The molecule has 0 bridgehead atoms. The van der Waals surface area contributed by atoms with Gasteiger partial charge < -0.3 is 10.6 Å². The lowest BCUT2D eigenvalue weighted by atomic mass is 10.2. The Kier molecular flexibility index (Phi) is 3.96. The van der Waals surface area contributed by atoms with Gasteiger partial charge in [0.2, 0.25) is 5.91 Å². The fourth-order valence-electron chi connectivity index (χ4n) is 1.99. The standard InChI is InChI=1S/C12H18N2OS/c1-9-5-8-16-11(9)4-7-14-12(15)10-3-2-6-13-10/h5,8,10,13H,2-4,6-7H2,1H3,(H,14,15). The van der Waals surface area contributed by atoms with Gasteiger partial charge in [-0.25, -0.2) is 0 Å². The van der Waals surface area contributed by atoms with Gasteiger partial charge in [-0.05, 0) is 49.7 Å². The molecule has 2 heterocycles. The second-order valence-corrected chi connectivity index (χ2v) is 5.22. The fourth-order valence-corrected chi connectivity index (χ4v) is 2.90. The molecular formula is C12H18N2OS. The number of aryl methyl sites for hydroxylation is 1. The molecule has 0 aliphatic carbocycles. The first kappa shape index (κ1) is 11.6. The van der Waals surface area contributed by atoms with E-state index in [-0.39, 0.29) is 11.9 Å². The molecule has 1 unspecified atom stereocenters. The highest BCUT2D eigenvalue weighted by Gasteiger charge is 2.21. The number of amides is 1. The van der Waals surface area contributed by atoms with E-state index in [4.69, 9.17) is 0 Å². The number of hydrogen-bond acceptors (Lipinski definition) is 3. The summed E-state index contributed by atoms with van der Waals surface area (Å²) in [5, 5.41) is 8.30. The molecule has 3 nitrogen and oxygen atoms in total. The van der Waals surface area contributed by atoms with Crippen molar-refractivity contribution in [2.45, 2.75) is 32.2 Å². The van der Waals surface area contributed by atoms with Crippen molar-refractivity contribution in [1.82, 2.24) is 10.6 Å². The lowest BCUT2D eigenvalue weighted by Crippen LogP contribution is -2.41. The molecule has 0 spiro atoms. The molecule has 0 saturated carbocycles. The highest BCUT2D eigenvalue weighted by atomic mass is 32.1. The topological polar surface area (TPSA) is 41.1 Å². The summed E-state index contributed by atoms with van der Waals surface area (Å²) in [4.78, 5) is 13.1. The lowest BCUT2D eigenvalue weighted by molar-refractivity contribution is -0.122. The Morgan fingerprint density at radius 3 is 3.19 bits per heavy atom. The first-order chi connectivity index (χ1) is 7.77. The summed E-state index contributed by atoms with van der Waals surface area (Å²) in [5.74, 6) is 0.159. The summed E-state index contributed by atoms with van der Waals surface area (Å²) >= 11 is 1.77. The Labute approximate surface area is 100 Å². The second-order valence-electron chi connectivity index (χ2n) is 4.22. The smallest absolute Gasteiger partial charge is 0.237 e. The Bertz CT molecular complexity index is 356. The predicted octanol–water partition coefficient (Wildman–Crippen LogP) is 1.47. The Hall–Kier alpha value is -0.870. The number of nitrogens with one attached hydrogen (secondary N) is 2. The van der Waals surface area contributed by atoms with Crippen LogP contribution in [-0.2, 0) is 11.2 Å². The zero-order valence-corrected chi connectivity index (χ0v) is 10.4. The number of carbonyl (C=O) groups is 1. The molecule has 1 aromatic rings. The first-order valence-electron chi connectivity index (χ1n) is 5.81. The third-order valence-electron chi connectivity index (χ3n) is 3.00. The van der Waals surface area contributed by atoms with Gasteiger partial charge in [0.05, 0.1) is 6.04 Å². The second kappa shape index (κ2) is 5.46. The minimum Gasteiger partial charge on any atom is -0.354 e. The van der Waals surface area contributed by atoms with Crippen molar-refractivity contribution in [3.05, 3.63) is 21.9 Å². The van der Waals surface area contributed by atoms with Crippen LogP contribution in [-0.4, -0.2) is 25.0 Å². The van der Waals surface area contributed by atoms with Crippen molar-refractivity contribution in [1.29, 1.82) is 0 Å². The third-order valence-corrected chi connectivity index (χ3v) is 4.08. The molecule has 16 heavy (non-hydrogen) atoms. The predicted molar refractivity (Wildman–Crippen MR) is 66.8 cm³/mol. The van der Waals surface area contributed by atoms with Gasteiger partial charge in [-0.3, -0.25) is 4.79 Å². The van der Waals surface area contributed by atoms with Crippen LogP contribution in [0.25, 0.3) is 0 Å². The van der Waals surface area contributed by atoms with E-state index in [1.165, 1.54) is 10.4 Å². The molecule has 2 rings (SSSR count). The van der Waals surface area contributed by atoms with Gasteiger partial charge in [0.15, 0.2) is 0 Å². The molecule has 0 radical (unpaired) electrons. The van der Waals surface area contributed by atoms with E-state index in [1.807, 2.05) is 0 Å². The summed E-state index contributed by atoms with van der Waals surface area (Å²) in [6.07, 6.45) is 3.04. The molecule has 0 aromatic carbocycles. The maximum Gasteiger partial charge on any atom is 0.237 e. The average Bonchev–Trinajstić information content (AvgIpc) is 2.90. The SMILES string of the molecule is Cc1ccsc1CCNC(=O)C1CCCN1. The van der Waals surface area contributed by atoms with Crippen LogP contribution in [0.4, 0.5) is 0 Å². The normalized spacial score (nSPS) is 19.9. The van der Waals surface area contributed by atoms with E-state index in [2.05, 4.69) is 29.0 Å². The summed E-state index contributed by atoms with van der Waals surface area (Å²) in [6, 6.07) is 2.17. The fraction of sp³-hybridized carbons (Fsp3) is 0.583. The first-order valence-corrected chi connectivity index (χ1v) is 6.69. The zero-order valence-electron chi connectivity index (χ0n) is 9.58. The van der Waals surface area contributed by atoms with E-state index in [9.17, 15) is 4.79 Å². The van der Waals surface area contributed by atoms with Gasteiger partial charge in [-0.1, -0.05) is 0 Å². The van der Waals surface area contributed by atoms with Gasteiger partial charge in [0, 0.05) is 11.4 Å². The van der Waals surface area contributed by atoms with E-state index >= 15 is 0 Å². The summed E-state index contributed by atoms with van der Waals surface area (Å²) in [6.45, 7) is 3.84. The quantitative estimate of drug-likeness (QED) is 0.834. The van der Waals surface area contributed by atoms with Gasteiger partial charge in [0.1, 0.15) is 0 Å². The Morgan fingerprint density at radius 1 is 1.69 bits per heavy atom. The van der Waals surface area contributed by atoms with Gasteiger partial charge in [0.25, 0.3) is 0 Å². The van der Waals surface area contributed by atoms with Crippen molar-refractivity contribution in [3.8, 4) is 0 Å². The highest BCUT2D eigenvalue weighted by molar-refractivity contribution is 7.10. The molecule has 1 amide bonds. The molecule has 88 valence electrons. The molecule has 2 N–H and O–H groups in total. The Balaban J connectivity index is 1.71. The lowest BCUT2D eigenvalue weighted by Gasteiger charge is -2.10. The van der Waals surface area contributed by atoms with E-state index < -0.39 is 0 Å². The maximum absolute atomic E-state index is 11.7. The largest absolute Gasteiger partial charge is 0.354 e. The van der Waals surface area contributed by atoms with Crippen molar-refractivity contribution in [3.63, 3.8) is 0 Å². The van der Waals surface area contributed by atoms with Crippen LogP contribution in [0.15, 0.2) is 11.4 Å². The number of carbonyl (C=O) groups excluding carboxylic acids is 1. The van der Waals surface area contributed by atoms with Crippen molar-refractivity contribution in [2.75, 3.05) is 13.1 Å². The van der Waals surface area contributed by atoms with E-state index in [0.29, 0.717) is 0 Å². The molecule has 4 heteroatoms. The molecule has 1 fully saturated rings. The van der Waals surface area contributed by atoms with Crippen LogP contribution >= 0.6 is 11.3 Å². The highest BCUT2D eigenvalue weighted by Crippen LogP contribution is 2.15. The summed E-state index contributed by atoms with van der Waals surface area (Å²) < 4.78 is 0.